The Morgan fingerprint density at radius 2 is 1.78 bits per heavy atom. The molecule has 2 aromatic carbocycles. The number of carboxylic acids is 1. The Morgan fingerprint density at radius 3 is 2.42 bits per heavy atom. The molecule has 3 aliphatic rings. The average molecular weight is 634 g/mol. The van der Waals surface area contributed by atoms with Gasteiger partial charge in [0.15, 0.2) is 0 Å². The zero-order valence-electron chi connectivity index (χ0n) is 23.0. The van der Waals surface area contributed by atoms with Crippen molar-refractivity contribution in [2.24, 2.45) is 17.8 Å². The smallest absolute Gasteiger partial charge is 0.477 e. The van der Waals surface area contributed by atoms with Crippen LogP contribution < -0.4 is 9.64 Å². The van der Waals surface area contributed by atoms with E-state index in [1.54, 1.807) is 12.1 Å². The number of aromatic carboxylic acids is 1. The lowest BCUT2D eigenvalue weighted by Gasteiger charge is -2.22. The van der Waals surface area contributed by atoms with Gasteiger partial charge in [0.1, 0.15) is 28.7 Å². The molecular formula is C31H22F7N3O4. The summed E-state index contributed by atoms with van der Waals surface area (Å²) in [7, 11) is 0. The highest BCUT2D eigenvalue weighted by Gasteiger charge is 2.54. The number of hydrogen-bond donors (Lipinski definition) is 1. The molecule has 1 N–H and O–H groups in total. The number of anilines is 1. The largest absolute Gasteiger partial charge is 0.573 e. The van der Waals surface area contributed by atoms with Crippen molar-refractivity contribution in [1.29, 1.82) is 0 Å². The zero-order chi connectivity index (χ0) is 31.8. The quantitative estimate of drug-likeness (QED) is 0.207. The number of allylic oxidation sites excluding steroid dienone is 1. The van der Waals surface area contributed by atoms with Gasteiger partial charge in [0.2, 0.25) is 0 Å². The van der Waals surface area contributed by atoms with Gasteiger partial charge in [-0.25, -0.2) is 14.2 Å². The number of hydrogen-bond acceptors (Lipinski definition) is 6. The molecule has 1 aliphatic heterocycles. The third-order valence-corrected chi connectivity index (χ3v) is 8.57. The molecule has 2 atom stereocenters. The molecule has 45 heavy (non-hydrogen) atoms. The summed E-state index contributed by atoms with van der Waals surface area (Å²) >= 11 is 0. The number of fused-ring (bicyclic) bond motifs is 2. The van der Waals surface area contributed by atoms with Crippen molar-refractivity contribution in [3.8, 4) is 17.0 Å². The van der Waals surface area contributed by atoms with E-state index in [-0.39, 0.29) is 40.3 Å². The first-order valence-corrected chi connectivity index (χ1v) is 14.0. The van der Waals surface area contributed by atoms with Gasteiger partial charge in [-0.1, -0.05) is 23.4 Å². The lowest BCUT2D eigenvalue weighted by atomic mass is 10.0. The van der Waals surface area contributed by atoms with Crippen molar-refractivity contribution in [3.05, 3.63) is 76.9 Å². The molecule has 3 heterocycles. The number of ether oxygens (including phenoxy) is 1. The van der Waals surface area contributed by atoms with Gasteiger partial charge in [-0.2, -0.15) is 13.2 Å². The Kier molecular flexibility index (Phi) is 6.60. The molecule has 4 aromatic rings. The summed E-state index contributed by atoms with van der Waals surface area (Å²) in [6, 6.07) is 8.02. The van der Waals surface area contributed by atoms with E-state index in [4.69, 9.17) is 4.52 Å². The first-order chi connectivity index (χ1) is 21.3. The second-order valence-electron chi connectivity index (χ2n) is 11.5. The Morgan fingerprint density at radius 1 is 1.04 bits per heavy atom. The second kappa shape index (κ2) is 10.2. The molecule has 7 rings (SSSR count). The van der Waals surface area contributed by atoms with Crippen LogP contribution in [-0.4, -0.2) is 40.7 Å². The van der Waals surface area contributed by atoms with Crippen molar-refractivity contribution in [3.63, 3.8) is 0 Å². The number of rotatable bonds is 7. The van der Waals surface area contributed by atoms with E-state index in [1.807, 2.05) is 11.0 Å². The van der Waals surface area contributed by atoms with Gasteiger partial charge in [-0.3, -0.25) is 0 Å². The highest BCUT2D eigenvalue weighted by molar-refractivity contribution is 5.93. The van der Waals surface area contributed by atoms with Gasteiger partial charge in [0, 0.05) is 35.6 Å². The van der Waals surface area contributed by atoms with E-state index in [1.165, 1.54) is 12.1 Å². The molecule has 2 unspecified atom stereocenters. The second-order valence-corrected chi connectivity index (χ2v) is 11.5. The van der Waals surface area contributed by atoms with Crippen LogP contribution in [0.5, 0.6) is 5.75 Å². The lowest BCUT2D eigenvalue weighted by molar-refractivity contribution is -0.274. The Hall–Kier alpha value is -4.62. The molecule has 0 bridgehead atoms. The number of alkyl halides is 6. The van der Waals surface area contributed by atoms with Gasteiger partial charge in [0.05, 0.1) is 16.6 Å². The fraction of sp³-hybridized carbons (Fsp3) is 0.323. The number of halogens is 7. The number of carboxylic acid groups (broad SMARTS) is 1. The zero-order valence-corrected chi connectivity index (χ0v) is 23.0. The predicted molar refractivity (Wildman–Crippen MR) is 146 cm³/mol. The molecular weight excluding hydrogens is 611 g/mol. The fourth-order valence-electron chi connectivity index (χ4n) is 6.27. The molecule has 14 heteroatoms. The fourth-order valence-corrected chi connectivity index (χ4v) is 6.27. The first kappa shape index (κ1) is 29.1. The van der Waals surface area contributed by atoms with Gasteiger partial charge in [-0.05, 0) is 67.0 Å². The predicted octanol–water partition coefficient (Wildman–Crippen LogP) is 7.92. The molecule has 7 nitrogen and oxygen atoms in total. The number of benzene rings is 2. The van der Waals surface area contributed by atoms with E-state index in [2.05, 4.69) is 14.9 Å². The Labute approximate surface area is 249 Å². The van der Waals surface area contributed by atoms with Crippen LogP contribution in [0.15, 0.2) is 53.1 Å². The van der Waals surface area contributed by atoms with Gasteiger partial charge < -0.3 is 19.3 Å². The van der Waals surface area contributed by atoms with Gasteiger partial charge in [-0.15, -0.1) is 13.2 Å². The maximum absolute atomic E-state index is 14.9. The van der Waals surface area contributed by atoms with Crippen LogP contribution in [0.2, 0.25) is 0 Å². The normalized spacial score (nSPS) is 21.5. The Balaban J connectivity index is 1.13. The molecule has 3 fully saturated rings. The van der Waals surface area contributed by atoms with E-state index in [9.17, 15) is 40.6 Å². The molecule has 234 valence electrons. The third kappa shape index (κ3) is 5.46. The van der Waals surface area contributed by atoms with Crippen molar-refractivity contribution >= 4 is 28.6 Å². The van der Waals surface area contributed by atoms with Crippen molar-refractivity contribution in [2.45, 2.75) is 31.3 Å². The molecule has 2 aromatic heterocycles. The van der Waals surface area contributed by atoms with Crippen LogP contribution in [-0.2, 0) is 6.18 Å². The third-order valence-electron chi connectivity index (χ3n) is 8.57. The van der Waals surface area contributed by atoms with Crippen LogP contribution in [0.4, 0.5) is 36.4 Å². The van der Waals surface area contributed by atoms with Crippen molar-refractivity contribution in [1.82, 2.24) is 10.1 Å². The van der Waals surface area contributed by atoms with E-state index in [0.29, 0.717) is 36.2 Å². The monoisotopic (exact) mass is 633 g/mol. The highest BCUT2D eigenvalue weighted by atomic mass is 19.4. The summed E-state index contributed by atoms with van der Waals surface area (Å²) < 4.78 is 105. The van der Waals surface area contributed by atoms with E-state index in [0.717, 1.165) is 31.0 Å². The molecule has 0 radical (unpaired) electrons. The van der Waals surface area contributed by atoms with Crippen LogP contribution in [0.25, 0.3) is 28.2 Å². The molecule has 2 aliphatic carbocycles. The molecule has 0 spiro atoms. The standard InChI is InChI=1S/C31H22F7N3O4/c32-22-2-1-3-25(44-31(36,37)38)26(22)27-17(28(45-40-27)14-4-5-14)8-7-16-19-12-41(13-20(16)19)15-6-9-23-18(10-15)21(30(33,34)35)11-24(39-23)29(42)43/h1-3,6-11,14,16,19-20H,4-5,12-13H2,(H,42,43). The van der Waals surface area contributed by atoms with Crippen LogP contribution >= 0.6 is 0 Å². The number of nitrogens with zero attached hydrogens (tertiary/aromatic N) is 3. The summed E-state index contributed by atoms with van der Waals surface area (Å²) in [4.78, 5) is 17.1. The summed E-state index contributed by atoms with van der Waals surface area (Å²) in [6.07, 6.45) is -4.62. The average Bonchev–Trinajstić information content (AvgIpc) is 3.82. The maximum Gasteiger partial charge on any atom is 0.573 e. The topological polar surface area (TPSA) is 88.7 Å². The van der Waals surface area contributed by atoms with Crippen LogP contribution in [0.3, 0.4) is 0 Å². The van der Waals surface area contributed by atoms with Crippen molar-refractivity contribution < 1.29 is 49.9 Å². The highest BCUT2D eigenvalue weighted by Crippen LogP contribution is 2.54. The maximum atomic E-state index is 14.9. The summed E-state index contributed by atoms with van der Waals surface area (Å²) in [5, 5.41) is 12.9. The number of pyridine rings is 1. The molecule has 1 saturated heterocycles. The minimum Gasteiger partial charge on any atom is -0.477 e. The first-order valence-electron chi connectivity index (χ1n) is 14.0. The SMILES string of the molecule is O=C(O)c1cc(C(F)(F)F)c2cc(N3CC4C(C=Cc5c(-c6c(F)cccc6OC(F)(F)F)noc5C5CC5)C4C3)ccc2n1. The van der Waals surface area contributed by atoms with Crippen LogP contribution in [0.1, 0.15) is 46.1 Å². The van der Waals surface area contributed by atoms with E-state index >= 15 is 0 Å². The van der Waals surface area contributed by atoms with Gasteiger partial charge >= 0.3 is 18.5 Å². The molecule has 0 amide bonds. The van der Waals surface area contributed by atoms with Crippen LogP contribution in [0, 0.1) is 23.6 Å². The van der Waals surface area contributed by atoms with E-state index < -0.39 is 46.9 Å². The van der Waals surface area contributed by atoms with Crippen molar-refractivity contribution in [2.75, 3.05) is 18.0 Å². The summed E-state index contributed by atoms with van der Waals surface area (Å²) in [6.45, 7) is 1.08. The summed E-state index contributed by atoms with van der Waals surface area (Å²) in [5.41, 5.74) is -1.46. The number of carbonyl (C=O) groups is 1. The Bertz CT molecular complexity index is 1850. The lowest BCUT2D eigenvalue weighted by Crippen LogP contribution is -2.23. The molecule has 2 saturated carbocycles. The minimum atomic E-state index is -5.05. The van der Waals surface area contributed by atoms with Gasteiger partial charge in [0.25, 0.3) is 0 Å². The number of piperidine rings is 1. The number of aromatic nitrogens is 2. The summed E-state index contributed by atoms with van der Waals surface area (Å²) in [5.74, 6) is -2.34. The minimum absolute atomic E-state index is 0.0226.